The molecule has 5 aliphatic rings. The van der Waals surface area contributed by atoms with Gasteiger partial charge in [0.05, 0.1) is 42.4 Å². The Morgan fingerprint density at radius 2 is 2.03 bits per heavy atom. The van der Waals surface area contributed by atoms with Gasteiger partial charge in [-0.15, -0.1) is 0 Å². The van der Waals surface area contributed by atoms with E-state index in [1.807, 2.05) is 6.20 Å². The minimum absolute atomic E-state index is 0.171. The number of hydrazine groups is 1. The highest BCUT2D eigenvalue weighted by atomic mass is 19.1. The van der Waals surface area contributed by atoms with Crippen molar-refractivity contribution in [1.82, 2.24) is 25.6 Å². The second-order valence-corrected chi connectivity index (χ2v) is 10.2. The van der Waals surface area contributed by atoms with Gasteiger partial charge in [0.15, 0.2) is 0 Å². The molecule has 1 amide bonds. The fraction of sp³-hybridized carbons (Fsp3) is 0.739. The van der Waals surface area contributed by atoms with Gasteiger partial charge >= 0.3 is 0 Å². The third-order valence-corrected chi connectivity index (χ3v) is 7.90. The van der Waals surface area contributed by atoms with Crippen LogP contribution in [0.15, 0.2) is 12.4 Å². The van der Waals surface area contributed by atoms with Crippen LogP contribution >= 0.6 is 0 Å². The molecule has 1 aromatic heterocycles. The number of halogens is 1. The van der Waals surface area contributed by atoms with Crippen LogP contribution in [0.25, 0.3) is 0 Å². The Labute approximate surface area is 199 Å². The van der Waals surface area contributed by atoms with E-state index < -0.39 is 18.3 Å². The molecular formula is C23H35FN8O2. The van der Waals surface area contributed by atoms with Gasteiger partial charge in [0, 0.05) is 58.1 Å². The normalized spacial score (nSPS) is 34.9. The van der Waals surface area contributed by atoms with E-state index in [2.05, 4.69) is 30.8 Å². The van der Waals surface area contributed by atoms with Crippen LogP contribution in [0.4, 0.5) is 15.8 Å². The first-order chi connectivity index (χ1) is 16.6. The summed E-state index contributed by atoms with van der Waals surface area (Å²) in [5.74, 6) is -0.202. The number of carbonyl (C=O) groups excluding carboxylic acids is 1. The highest BCUT2D eigenvalue weighted by Crippen LogP contribution is 2.46. The van der Waals surface area contributed by atoms with Crippen LogP contribution in [0.5, 0.6) is 0 Å². The van der Waals surface area contributed by atoms with Gasteiger partial charge in [-0.1, -0.05) is 0 Å². The topological polar surface area (TPSA) is 111 Å². The Morgan fingerprint density at radius 1 is 1.21 bits per heavy atom. The number of ether oxygens (including phenoxy) is 1. The molecule has 1 aromatic rings. The summed E-state index contributed by atoms with van der Waals surface area (Å²) in [6.07, 6.45) is 5.25. The molecule has 6 rings (SSSR count). The van der Waals surface area contributed by atoms with E-state index in [-0.39, 0.29) is 25.2 Å². The fourth-order valence-corrected chi connectivity index (χ4v) is 5.92. The summed E-state index contributed by atoms with van der Waals surface area (Å²) in [6, 6.07) is 0.521. The van der Waals surface area contributed by atoms with Crippen molar-refractivity contribution in [3.05, 3.63) is 18.0 Å². The standard InChI is InChI=1S/C23H35FN8O2/c24-15-9-27-22-19(21(25)29-32(22)12-15)23(33)28-18-11-26-10-17(14-1-2-14)20(18)31-6-4-30(5-7-31)16-3-8-34-13-16/h10-11,14-16,19,21-22,27,29H,1-9,12-13,25H2,(H,28,33)/t15?,16-,19?,21?,22?/m0/s1. The van der Waals surface area contributed by atoms with E-state index in [0.29, 0.717) is 12.0 Å². The first-order valence-corrected chi connectivity index (χ1v) is 12.6. The first kappa shape index (κ1) is 22.6. The van der Waals surface area contributed by atoms with Crippen LogP contribution in [-0.2, 0) is 9.53 Å². The van der Waals surface area contributed by atoms with Crippen LogP contribution in [0, 0.1) is 5.92 Å². The van der Waals surface area contributed by atoms with Crippen LogP contribution < -0.4 is 26.7 Å². The zero-order chi connectivity index (χ0) is 23.2. The van der Waals surface area contributed by atoms with E-state index in [1.54, 1.807) is 11.2 Å². The molecule has 0 bridgehead atoms. The molecule has 5 fully saturated rings. The number of nitrogens with zero attached hydrogens (tertiary/aromatic N) is 4. The van der Waals surface area contributed by atoms with Crippen molar-refractivity contribution in [2.45, 2.75) is 49.7 Å². The number of pyridine rings is 1. The van der Waals surface area contributed by atoms with E-state index in [9.17, 15) is 9.18 Å². The van der Waals surface area contributed by atoms with Gasteiger partial charge in [-0.3, -0.25) is 20.0 Å². The SMILES string of the molecule is NC1NN2CC(F)CNC2C1C(=O)Nc1cncc(C2CC2)c1N1CCN([C@H]2CCOC2)CC1. The van der Waals surface area contributed by atoms with Gasteiger partial charge in [-0.2, -0.15) is 0 Å². The summed E-state index contributed by atoms with van der Waals surface area (Å²) in [5.41, 5.74) is 12.4. The molecule has 1 saturated carbocycles. The summed E-state index contributed by atoms with van der Waals surface area (Å²) in [5, 5.41) is 8.01. The highest BCUT2D eigenvalue weighted by molar-refractivity contribution is 5.97. The maximum Gasteiger partial charge on any atom is 0.233 e. The second kappa shape index (κ2) is 9.29. The maximum absolute atomic E-state index is 13.8. The molecule has 10 nitrogen and oxygen atoms in total. The Kier molecular flexibility index (Phi) is 6.16. The molecule has 1 aliphatic carbocycles. The van der Waals surface area contributed by atoms with Gasteiger partial charge in [-0.25, -0.2) is 14.8 Å². The molecule has 5 atom stereocenters. The number of nitrogens with two attached hydrogens (primary N) is 1. The number of alkyl halides is 1. The molecule has 4 saturated heterocycles. The van der Waals surface area contributed by atoms with Gasteiger partial charge in [0.2, 0.25) is 5.91 Å². The number of anilines is 2. The highest BCUT2D eigenvalue weighted by Gasteiger charge is 2.47. The Balaban J connectivity index is 1.21. The van der Waals surface area contributed by atoms with Gasteiger partial charge < -0.3 is 20.7 Å². The number of aromatic nitrogens is 1. The average molecular weight is 475 g/mol. The predicted molar refractivity (Wildman–Crippen MR) is 126 cm³/mol. The Bertz CT molecular complexity index is 903. The molecule has 4 unspecified atom stereocenters. The summed E-state index contributed by atoms with van der Waals surface area (Å²) in [7, 11) is 0. The lowest BCUT2D eigenvalue weighted by atomic mass is 10.0. The molecule has 5 N–H and O–H groups in total. The van der Waals surface area contributed by atoms with E-state index in [4.69, 9.17) is 10.5 Å². The molecule has 4 aliphatic heterocycles. The lowest BCUT2D eigenvalue weighted by Crippen LogP contribution is -2.58. The Morgan fingerprint density at radius 3 is 2.76 bits per heavy atom. The van der Waals surface area contributed by atoms with E-state index in [0.717, 1.165) is 70.0 Å². The van der Waals surface area contributed by atoms with Crippen molar-refractivity contribution in [2.75, 3.05) is 62.7 Å². The number of nitrogens with one attached hydrogen (secondary N) is 3. The number of amides is 1. The maximum atomic E-state index is 13.8. The molecule has 0 radical (unpaired) electrons. The fourth-order valence-electron chi connectivity index (χ4n) is 5.92. The summed E-state index contributed by atoms with van der Waals surface area (Å²) in [4.78, 5) is 22.9. The summed E-state index contributed by atoms with van der Waals surface area (Å²) >= 11 is 0. The molecule has 186 valence electrons. The molecule has 11 heteroatoms. The van der Waals surface area contributed by atoms with Gasteiger partial charge in [0.1, 0.15) is 6.17 Å². The molecule has 0 spiro atoms. The van der Waals surface area contributed by atoms with Crippen molar-refractivity contribution >= 4 is 17.3 Å². The minimum Gasteiger partial charge on any atom is -0.380 e. The van der Waals surface area contributed by atoms with Crippen LogP contribution in [-0.4, -0.2) is 97.8 Å². The largest absolute Gasteiger partial charge is 0.380 e. The van der Waals surface area contributed by atoms with Crippen LogP contribution in [0.1, 0.15) is 30.7 Å². The van der Waals surface area contributed by atoms with Crippen molar-refractivity contribution in [3.63, 3.8) is 0 Å². The molecular weight excluding hydrogens is 439 g/mol. The van der Waals surface area contributed by atoms with Crippen molar-refractivity contribution in [1.29, 1.82) is 0 Å². The molecule has 34 heavy (non-hydrogen) atoms. The summed E-state index contributed by atoms with van der Waals surface area (Å²) in [6.45, 7) is 5.90. The van der Waals surface area contributed by atoms with Crippen molar-refractivity contribution in [3.8, 4) is 0 Å². The lowest BCUT2D eigenvalue weighted by Gasteiger charge is -2.40. The predicted octanol–water partition coefficient (Wildman–Crippen LogP) is -0.203. The lowest BCUT2D eigenvalue weighted by molar-refractivity contribution is -0.121. The number of rotatable bonds is 5. The number of carbonyl (C=O) groups is 1. The first-order valence-electron chi connectivity index (χ1n) is 12.6. The smallest absolute Gasteiger partial charge is 0.233 e. The van der Waals surface area contributed by atoms with Crippen molar-refractivity contribution in [2.24, 2.45) is 11.7 Å². The van der Waals surface area contributed by atoms with E-state index in [1.165, 1.54) is 5.56 Å². The van der Waals surface area contributed by atoms with Crippen LogP contribution in [0.2, 0.25) is 0 Å². The second-order valence-electron chi connectivity index (χ2n) is 10.2. The minimum atomic E-state index is -0.988. The average Bonchev–Trinajstić information content (AvgIpc) is 3.42. The zero-order valence-electron chi connectivity index (χ0n) is 19.5. The third-order valence-electron chi connectivity index (χ3n) is 7.90. The van der Waals surface area contributed by atoms with E-state index >= 15 is 0 Å². The van der Waals surface area contributed by atoms with Gasteiger partial charge in [-0.05, 0) is 30.7 Å². The zero-order valence-corrected chi connectivity index (χ0v) is 19.5. The third kappa shape index (κ3) is 4.29. The van der Waals surface area contributed by atoms with Gasteiger partial charge in [0.25, 0.3) is 0 Å². The van der Waals surface area contributed by atoms with Crippen LogP contribution in [0.3, 0.4) is 0 Å². The molecule has 5 heterocycles. The number of hydrogen-bond acceptors (Lipinski definition) is 9. The summed E-state index contributed by atoms with van der Waals surface area (Å²) < 4.78 is 19.4. The number of hydrogen-bond donors (Lipinski definition) is 4. The van der Waals surface area contributed by atoms with Crippen molar-refractivity contribution < 1.29 is 13.9 Å². The Hall–Kier alpha value is -1.89. The number of fused-ring (bicyclic) bond motifs is 1. The monoisotopic (exact) mass is 474 g/mol. The quantitative estimate of drug-likeness (QED) is 0.461. The number of piperazine rings is 1. The molecule has 0 aromatic carbocycles.